The van der Waals surface area contributed by atoms with Gasteiger partial charge in [-0.05, 0) is 24.1 Å². The Morgan fingerprint density at radius 3 is 2.71 bits per heavy atom. The van der Waals surface area contributed by atoms with Gasteiger partial charge in [0, 0.05) is 18.9 Å². The van der Waals surface area contributed by atoms with E-state index in [4.69, 9.17) is 4.74 Å². The SMILES string of the molecule is CCOC(=O)[C@@H]1[C@@H](c2cccnc2)N1Cc1ccccc1. The second-order valence-corrected chi connectivity index (χ2v) is 5.09. The number of esters is 1. The van der Waals surface area contributed by atoms with Crippen molar-refractivity contribution in [2.24, 2.45) is 0 Å². The number of hydrogen-bond donors (Lipinski definition) is 0. The van der Waals surface area contributed by atoms with Gasteiger partial charge in [0.1, 0.15) is 6.04 Å². The predicted molar refractivity (Wildman–Crippen MR) is 79.4 cm³/mol. The summed E-state index contributed by atoms with van der Waals surface area (Å²) in [5, 5.41) is 0. The molecule has 0 saturated carbocycles. The molecule has 108 valence electrons. The van der Waals surface area contributed by atoms with Crippen LogP contribution >= 0.6 is 0 Å². The zero-order valence-electron chi connectivity index (χ0n) is 12.0. The summed E-state index contributed by atoms with van der Waals surface area (Å²) < 4.78 is 5.18. The van der Waals surface area contributed by atoms with Crippen LogP contribution < -0.4 is 0 Å². The summed E-state index contributed by atoms with van der Waals surface area (Å²) in [6.07, 6.45) is 3.56. The van der Waals surface area contributed by atoms with E-state index in [1.165, 1.54) is 5.56 Å². The molecule has 1 saturated heterocycles. The first-order valence-corrected chi connectivity index (χ1v) is 7.17. The first-order chi connectivity index (χ1) is 10.3. The fourth-order valence-electron chi connectivity index (χ4n) is 2.68. The maximum absolute atomic E-state index is 12.1. The number of hydrogen-bond acceptors (Lipinski definition) is 4. The second kappa shape index (κ2) is 6.06. The maximum Gasteiger partial charge on any atom is 0.325 e. The van der Waals surface area contributed by atoms with Crippen molar-refractivity contribution in [1.82, 2.24) is 9.88 Å². The molecule has 0 aliphatic carbocycles. The number of benzene rings is 1. The molecule has 4 heteroatoms. The lowest BCUT2D eigenvalue weighted by Gasteiger charge is -2.04. The van der Waals surface area contributed by atoms with Crippen molar-refractivity contribution >= 4 is 5.97 Å². The van der Waals surface area contributed by atoms with Gasteiger partial charge in [0.25, 0.3) is 0 Å². The second-order valence-electron chi connectivity index (χ2n) is 5.09. The fraction of sp³-hybridized carbons (Fsp3) is 0.294. The number of carbonyl (C=O) groups excluding carboxylic acids is 1. The summed E-state index contributed by atoms with van der Waals surface area (Å²) in [6.45, 7) is 2.99. The molecule has 0 spiro atoms. The van der Waals surface area contributed by atoms with Crippen molar-refractivity contribution in [3.05, 3.63) is 66.0 Å². The largest absolute Gasteiger partial charge is 0.465 e. The highest BCUT2D eigenvalue weighted by Gasteiger charge is 2.54. The Bertz CT molecular complexity index is 601. The Morgan fingerprint density at radius 1 is 1.24 bits per heavy atom. The maximum atomic E-state index is 12.1. The number of ether oxygens (including phenoxy) is 1. The molecule has 0 N–H and O–H groups in total. The highest BCUT2D eigenvalue weighted by molar-refractivity contribution is 5.80. The van der Waals surface area contributed by atoms with E-state index < -0.39 is 0 Å². The van der Waals surface area contributed by atoms with Crippen molar-refractivity contribution in [3.63, 3.8) is 0 Å². The van der Waals surface area contributed by atoms with Crippen LogP contribution in [0.4, 0.5) is 0 Å². The zero-order chi connectivity index (χ0) is 14.7. The lowest BCUT2D eigenvalue weighted by molar-refractivity contribution is -0.143. The van der Waals surface area contributed by atoms with E-state index >= 15 is 0 Å². The summed E-state index contributed by atoms with van der Waals surface area (Å²) >= 11 is 0. The topological polar surface area (TPSA) is 42.2 Å². The first kappa shape index (κ1) is 13.8. The van der Waals surface area contributed by atoms with Gasteiger partial charge >= 0.3 is 5.97 Å². The molecule has 1 fully saturated rings. The number of rotatable bonds is 5. The molecule has 0 bridgehead atoms. The quantitative estimate of drug-likeness (QED) is 0.624. The van der Waals surface area contributed by atoms with E-state index in [2.05, 4.69) is 22.0 Å². The molecule has 21 heavy (non-hydrogen) atoms. The minimum atomic E-state index is -0.200. The van der Waals surface area contributed by atoms with Crippen molar-refractivity contribution in [2.75, 3.05) is 6.61 Å². The van der Waals surface area contributed by atoms with E-state index in [9.17, 15) is 4.79 Å². The van der Waals surface area contributed by atoms with E-state index in [0.717, 1.165) is 12.1 Å². The third kappa shape index (κ3) is 2.95. The summed E-state index contributed by atoms with van der Waals surface area (Å²) in [7, 11) is 0. The van der Waals surface area contributed by atoms with Gasteiger partial charge in [0.2, 0.25) is 0 Å². The van der Waals surface area contributed by atoms with E-state index in [-0.39, 0.29) is 18.1 Å². The molecule has 1 aromatic heterocycles. The molecule has 3 rings (SSSR count). The number of carbonyl (C=O) groups is 1. The lowest BCUT2D eigenvalue weighted by atomic mass is 10.1. The van der Waals surface area contributed by atoms with Crippen LogP contribution in [0.1, 0.15) is 24.1 Å². The number of aromatic nitrogens is 1. The molecule has 1 aliphatic heterocycles. The van der Waals surface area contributed by atoms with Gasteiger partial charge in [0.15, 0.2) is 0 Å². The van der Waals surface area contributed by atoms with Crippen LogP contribution in [0.15, 0.2) is 54.9 Å². The van der Waals surface area contributed by atoms with Crippen LogP contribution in [0.3, 0.4) is 0 Å². The monoisotopic (exact) mass is 282 g/mol. The van der Waals surface area contributed by atoms with Crippen molar-refractivity contribution in [2.45, 2.75) is 25.6 Å². The Hall–Kier alpha value is -2.20. The summed E-state index contributed by atoms with van der Waals surface area (Å²) in [6, 6.07) is 13.9. The number of pyridine rings is 1. The molecule has 2 aromatic rings. The Kier molecular flexibility index (Phi) is 3.97. The molecule has 1 unspecified atom stereocenters. The average molecular weight is 282 g/mol. The van der Waals surface area contributed by atoms with Gasteiger partial charge in [-0.2, -0.15) is 0 Å². The van der Waals surface area contributed by atoms with Crippen LogP contribution in [0.5, 0.6) is 0 Å². The molecular formula is C17H18N2O2. The Balaban J connectivity index is 1.78. The smallest absolute Gasteiger partial charge is 0.325 e. The molecule has 4 nitrogen and oxygen atoms in total. The normalized spacial score (nSPS) is 23.6. The van der Waals surface area contributed by atoms with E-state index in [1.807, 2.05) is 43.5 Å². The first-order valence-electron chi connectivity index (χ1n) is 7.17. The van der Waals surface area contributed by atoms with Crippen molar-refractivity contribution in [1.29, 1.82) is 0 Å². The minimum absolute atomic E-state index is 0.0676. The van der Waals surface area contributed by atoms with Crippen LogP contribution in [-0.2, 0) is 16.1 Å². The molecule has 2 heterocycles. The predicted octanol–water partition coefficient (Wildman–Crippen LogP) is 2.57. The highest BCUT2D eigenvalue weighted by Crippen LogP contribution is 2.44. The van der Waals surface area contributed by atoms with Crippen molar-refractivity contribution in [3.8, 4) is 0 Å². The van der Waals surface area contributed by atoms with E-state index in [1.54, 1.807) is 6.20 Å². The lowest BCUT2D eigenvalue weighted by Crippen LogP contribution is -2.16. The Morgan fingerprint density at radius 2 is 2.05 bits per heavy atom. The van der Waals surface area contributed by atoms with Crippen LogP contribution in [0, 0.1) is 0 Å². The third-order valence-corrected chi connectivity index (χ3v) is 3.69. The van der Waals surface area contributed by atoms with Crippen LogP contribution in [0.2, 0.25) is 0 Å². The zero-order valence-corrected chi connectivity index (χ0v) is 12.0. The molecule has 0 amide bonds. The molecular weight excluding hydrogens is 264 g/mol. The Labute approximate surface area is 124 Å². The minimum Gasteiger partial charge on any atom is -0.465 e. The molecule has 3 atom stereocenters. The summed E-state index contributed by atoms with van der Waals surface area (Å²) in [5.41, 5.74) is 2.25. The van der Waals surface area contributed by atoms with Gasteiger partial charge in [0.05, 0.1) is 12.6 Å². The van der Waals surface area contributed by atoms with Gasteiger partial charge < -0.3 is 4.74 Å². The van der Waals surface area contributed by atoms with Gasteiger partial charge in [-0.15, -0.1) is 0 Å². The van der Waals surface area contributed by atoms with Gasteiger partial charge in [-0.3, -0.25) is 14.7 Å². The third-order valence-electron chi connectivity index (χ3n) is 3.69. The summed E-state index contributed by atoms with van der Waals surface area (Å²) in [5.74, 6) is -0.151. The number of nitrogens with zero attached hydrogens (tertiary/aromatic N) is 2. The van der Waals surface area contributed by atoms with Gasteiger partial charge in [-0.1, -0.05) is 36.4 Å². The van der Waals surface area contributed by atoms with Crippen LogP contribution in [0.25, 0.3) is 0 Å². The van der Waals surface area contributed by atoms with E-state index in [0.29, 0.717) is 6.61 Å². The molecule has 0 radical (unpaired) electrons. The van der Waals surface area contributed by atoms with Crippen molar-refractivity contribution < 1.29 is 9.53 Å². The fourth-order valence-corrected chi connectivity index (χ4v) is 2.68. The van der Waals surface area contributed by atoms with Gasteiger partial charge in [-0.25, -0.2) is 0 Å². The molecule has 1 aliphatic rings. The standard InChI is InChI=1S/C17H18N2O2/c1-2-21-17(20)16-15(14-9-6-10-18-11-14)19(16)12-13-7-4-3-5-8-13/h3-11,15-16H,2,12H2,1H3/t15-,16+,19?/m1/s1. The highest BCUT2D eigenvalue weighted by atomic mass is 16.5. The van der Waals surface area contributed by atoms with Crippen LogP contribution in [-0.4, -0.2) is 28.5 Å². The summed E-state index contributed by atoms with van der Waals surface area (Å²) in [4.78, 5) is 18.4. The molecule has 1 aromatic carbocycles. The average Bonchev–Trinajstić information content (AvgIpc) is 3.23.